The van der Waals surface area contributed by atoms with Crippen molar-refractivity contribution in [1.29, 1.82) is 0 Å². The Hall–Kier alpha value is -1.00. The Morgan fingerprint density at radius 1 is 1.64 bits per heavy atom. The van der Waals surface area contributed by atoms with Gasteiger partial charge in [-0.3, -0.25) is 4.79 Å². The molecule has 14 heavy (non-hydrogen) atoms. The molecule has 1 rings (SSSR count). The molecule has 0 aliphatic carbocycles. The van der Waals surface area contributed by atoms with Crippen LogP contribution in [0, 0.1) is 5.92 Å². The number of hydrogen-bond acceptors (Lipinski definition) is 4. The molecule has 4 heteroatoms. The van der Waals surface area contributed by atoms with Gasteiger partial charge in [0.05, 0.1) is 11.8 Å². The maximum atomic E-state index is 10.5. The number of rotatable bonds is 3. The van der Waals surface area contributed by atoms with Gasteiger partial charge >= 0.3 is 0 Å². The molecule has 0 fully saturated rings. The van der Waals surface area contributed by atoms with Gasteiger partial charge in [-0.2, -0.15) is 0 Å². The number of aldehydes is 1. The Kier molecular flexibility index (Phi) is 3.55. The standard InChI is InChI=1S/C10H15NO3/c1-6(2)10(14)7-3-4-9(13)8(5-12)11-7/h3,5-6,9-10,13-14H,4H2,1-2H3. The minimum atomic E-state index is -0.824. The number of hydrogen-bond donors (Lipinski definition) is 2. The first-order valence-corrected chi connectivity index (χ1v) is 4.66. The van der Waals surface area contributed by atoms with Gasteiger partial charge in [0.15, 0.2) is 6.29 Å². The molecular weight excluding hydrogens is 182 g/mol. The van der Waals surface area contributed by atoms with Crippen molar-refractivity contribution in [2.75, 3.05) is 0 Å². The summed E-state index contributed by atoms with van der Waals surface area (Å²) in [6.45, 7) is 3.74. The molecule has 0 saturated carbocycles. The SMILES string of the molecule is CC(C)C(O)C1=CCC(O)C(C=O)=N1. The molecule has 2 unspecified atom stereocenters. The average Bonchev–Trinajstić information content (AvgIpc) is 2.17. The Morgan fingerprint density at radius 2 is 2.29 bits per heavy atom. The number of carbonyl (C=O) groups excluding carboxylic acids is 1. The highest BCUT2D eigenvalue weighted by atomic mass is 16.3. The van der Waals surface area contributed by atoms with Gasteiger partial charge < -0.3 is 10.2 Å². The topological polar surface area (TPSA) is 69.9 Å². The van der Waals surface area contributed by atoms with Crippen LogP contribution in [-0.2, 0) is 4.79 Å². The third kappa shape index (κ3) is 2.27. The molecule has 0 aromatic carbocycles. The van der Waals surface area contributed by atoms with Gasteiger partial charge in [0.25, 0.3) is 0 Å². The summed E-state index contributed by atoms with van der Waals surface area (Å²) in [6.07, 6.45) is 1.05. The highest BCUT2D eigenvalue weighted by Crippen LogP contribution is 2.18. The lowest BCUT2D eigenvalue weighted by molar-refractivity contribution is -0.103. The summed E-state index contributed by atoms with van der Waals surface area (Å²) >= 11 is 0. The van der Waals surface area contributed by atoms with Gasteiger partial charge in [-0.1, -0.05) is 19.9 Å². The maximum absolute atomic E-state index is 10.5. The van der Waals surface area contributed by atoms with E-state index in [1.54, 1.807) is 6.08 Å². The molecule has 1 aliphatic heterocycles. The van der Waals surface area contributed by atoms with Crippen molar-refractivity contribution in [3.05, 3.63) is 11.8 Å². The lowest BCUT2D eigenvalue weighted by atomic mass is 9.99. The van der Waals surface area contributed by atoms with Crippen LogP contribution < -0.4 is 0 Å². The summed E-state index contributed by atoms with van der Waals surface area (Å²) in [6, 6.07) is 0. The maximum Gasteiger partial charge on any atom is 0.166 e. The number of nitrogens with zero attached hydrogens (tertiary/aromatic N) is 1. The van der Waals surface area contributed by atoms with Crippen molar-refractivity contribution in [2.45, 2.75) is 32.5 Å². The zero-order chi connectivity index (χ0) is 10.7. The molecular formula is C10H15NO3. The third-order valence-electron chi connectivity index (χ3n) is 2.21. The van der Waals surface area contributed by atoms with E-state index in [-0.39, 0.29) is 11.6 Å². The highest BCUT2D eigenvalue weighted by Gasteiger charge is 2.21. The monoisotopic (exact) mass is 197 g/mol. The van der Waals surface area contributed by atoms with Crippen molar-refractivity contribution in [1.82, 2.24) is 0 Å². The minimum absolute atomic E-state index is 0.0492. The van der Waals surface area contributed by atoms with Gasteiger partial charge in [0.2, 0.25) is 0 Å². The molecule has 0 bridgehead atoms. The van der Waals surface area contributed by atoms with Crippen LogP contribution in [0.4, 0.5) is 0 Å². The molecule has 0 saturated heterocycles. The first-order valence-electron chi connectivity index (χ1n) is 4.66. The van der Waals surface area contributed by atoms with E-state index in [9.17, 15) is 15.0 Å². The van der Waals surface area contributed by atoms with Gasteiger partial charge in [-0.15, -0.1) is 0 Å². The van der Waals surface area contributed by atoms with Crippen LogP contribution in [-0.4, -0.2) is 34.4 Å². The van der Waals surface area contributed by atoms with Gasteiger partial charge in [0.1, 0.15) is 11.8 Å². The molecule has 2 atom stereocenters. The fourth-order valence-corrected chi connectivity index (χ4v) is 1.26. The molecule has 78 valence electrons. The second-order valence-corrected chi connectivity index (χ2v) is 3.72. The molecule has 0 amide bonds. The number of carbonyl (C=O) groups is 1. The largest absolute Gasteiger partial charge is 0.387 e. The van der Waals surface area contributed by atoms with Crippen LogP contribution in [0.1, 0.15) is 20.3 Å². The summed E-state index contributed by atoms with van der Waals surface area (Å²) in [7, 11) is 0. The Morgan fingerprint density at radius 3 is 2.79 bits per heavy atom. The van der Waals surface area contributed by atoms with Crippen molar-refractivity contribution in [3.8, 4) is 0 Å². The zero-order valence-corrected chi connectivity index (χ0v) is 8.34. The predicted molar refractivity (Wildman–Crippen MR) is 53.1 cm³/mol. The fourth-order valence-electron chi connectivity index (χ4n) is 1.26. The van der Waals surface area contributed by atoms with Gasteiger partial charge in [-0.25, -0.2) is 4.99 Å². The van der Waals surface area contributed by atoms with Gasteiger partial charge in [-0.05, 0) is 12.3 Å². The van der Waals surface area contributed by atoms with Crippen LogP contribution in [0.5, 0.6) is 0 Å². The smallest absolute Gasteiger partial charge is 0.166 e. The van der Waals surface area contributed by atoms with Crippen LogP contribution in [0.25, 0.3) is 0 Å². The van der Waals surface area contributed by atoms with E-state index in [4.69, 9.17) is 0 Å². The van der Waals surface area contributed by atoms with Crippen LogP contribution in [0.2, 0.25) is 0 Å². The van der Waals surface area contributed by atoms with E-state index in [0.717, 1.165) is 0 Å². The molecule has 0 aromatic rings. The van der Waals surface area contributed by atoms with Crippen LogP contribution >= 0.6 is 0 Å². The lowest BCUT2D eigenvalue weighted by Crippen LogP contribution is -2.27. The second kappa shape index (κ2) is 4.48. The van der Waals surface area contributed by atoms with Gasteiger partial charge in [0, 0.05) is 0 Å². The van der Waals surface area contributed by atoms with E-state index in [1.165, 1.54) is 0 Å². The summed E-state index contributed by atoms with van der Waals surface area (Å²) < 4.78 is 0. The second-order valence-electron chi connectivity index (χ2n) is 3.72. The molecule has 0 aromatic heterocycles. The number of aliphatic hydroxyl groups is 2. The van der Waals surface area contributed by atoms with E-state index >= 15 is 0 Å². The molecule has 1 heterocycles. The Bertz CT molecular complexity index is 281. The lowest BCUT2D eigenvalue weighted by Gasteiger charge is -2.20. The van der Waals surface area contributed by atoms with E-state index < -0.39 is 12.2 Å². The van der Waals surface area contributed by atoms with E-state index in [2.05, 4.69) is 4.99 Å². The van der Waals surface area contributed by atoms with Crippen molar-refractivity contribution >= 4 is 12.0 Å². The summed E-state index contributed by atoms with van der Waals surface area (Å²) in [5.41, 5.74) is 0.578. The molecule has 4 nitrogen and oxygen atoms in total. The normalized spacial score (nSPS) is 24.2. The molecule has 0 radical (unpaired) electrons. The molecule has 0 spiro atoms. The minimum Gasteiger partial charge on any atom is -0.387 e. The molecule has 2 N–H and O–H groups in total. The highest BCUT2D eigenvalue weighted by molar-refractivity contribution is 6.30. The predicted octanol–water partition coefficient (Wildman–Crippen LogP) is 0.292. The van der Waals surface area contributed by atoms with Crippen molar-refractivity contribution in [2.24, 2.45) is 10.9 Å². The van der Waals surface area contributed by atoms with Crippen molar-refractivity contribution < 1.29 is 15.0 Å². The average molecular weight is 197 g/mol. The first kappa shape index (κ1) is 11.1. The Labute approximate surface area is 83.0 Å². The third-order valence-corrected chi connectivity index (χ3v) is 2.21. The van der Waals surface area contributed by atoms with E-state index in [1.807, 2.05) is 13.8 Å². The number of aliphatic hydroxyl groups excluding tert-OH is 2. The first-order chi connectivity index (χ1) is 6.56. The quantitative estimate of drug-likeness (QED) is 0.639. The van der Waals surface area contributed by atoms with Crippen molar-refractivity contribution in [3.63, 3.8) is 0 Å². The fraction of sp³-hybridized carbons (Fsp3) is 0.600. The van der Waals surface area contributed by atoms with Crippen LogP contribution in [0.15, 0.2) is 16.8 Å². The zero-order valence-electron chi connectivity index (χ0n) is 8.34. The summed E-state index contributed by atoms with van der Waals surface area (Å²) in [5, 5.41) is 19.0. The Balaban J connectivity index is 2.83. The number of aliphatic imine (C=N–C) groups is 1. The molecule has 1 aliphatic rings. The van der Waals surface area contributed by atoms with E-state index in [0.29, 0.717) is 18.4 Å². The summed E-state index contributed by atoms with van der Waals surface area (Å²) in [4.78, 5) is 14.4. The summed E-state index contributed by atoms with van der Waals surface area (Å²) in [5.74, 6) is 0.0492. The van der Waals surface area contributed by atoms with Crippen LogP contribution in [0.3, 0.4) is 0 Å².